The van der Waals surface area contributed by atoms with Gasteiger partial charge in [-0.15, -0.1) is 15.3 Å². The van der Waals surface area contributed by atoms with Gasteiger partial charge in [0.25, 0.3) is 0 Å². The number of nitrogens with two attached hydrogens (primary N) is 4. The number of rotatable bonds is 8. The van der Waals surface area contributed by atoms with E-state index in [1.807, 2.05) is 0 Å². The molecule has 0 aliphatic heterocycles. The van der Waals surface area contributed by atoms with Crippen molar-refractivity contribution >= 4 is 23.8 Å². The third kappa shape index (κ3) is 6.91. The summed E-state index contributed by atoms with van der Waals surface area (Å²) in [6.07, 6.45) is -6.54. The molecule has 0 fully saturated rings. The van der Waals surface area contributed by atoms with Crippen LogP contribution in [-0.2, 0) is 0 Å². The molecule has 0 aromatic rings. The second-order valence-corrected chi connectivity index (χ2v) is 4.00. The Morgan fingerprint density at radius 1 is 0.864 bits per heavy atom. The summed E-state index contributed by atoms with van der Waals surface area (Å²) in [6, 6.07) is 0. The van der Waals surface area contributed by atoms with E-state index in [0.717, 1.165) is 6.21 Å². The average molecular weight is 320 g/mol. The summed E-state index contributed by atoms with van der Waals surface area (Å²) in [5.74, 6) is -0.839. The fourth-order valence-corrected chi connectivity index (χ4v) is 1.13. The van der Waals surface area contributed by atoms with Gasteiger partial charge in [0.2, 0.25) is 11.9 Å². The molecule has 0 rings (SSSR count). The van der Waals surface area contributed by atoms with Gasteiger partial charge in [0.05, 0.1) is 12.8 Å². The largest absolute Gasteiger partial charge is 0.394 e. The van der Waals surface area contributed by atoms with E-state index in [-0.39, 0.29) is 5.96 Å². The lowest BCUT2D eigenvalue weighted by Crippen LogP contribution is -2.49. The fourth-order valence-electron chi connectivity index (χ4n) is 1.13. The first-order valence-corrected chi connectivity index (χ1v) is 5.82. The summed E-state index contributed by atoms with van der Waals surface area (Å²) in [6.45, 7) is -0.840. The molecule has 4 unspecified atom stereocenters. The quantitative estimate of drug-likeness (QED) is 0.117. The molecule has 22 heavy (non-hydrogen) atoms. The fraction of sp³-hybridized carbons (Fsp3) is 0.556. The van der Waals surface area contributed by atoms with Gasteiger partial charge in [-0.05, 0) is 0 Å². The van der Waals surface area contributed by atoms with E-state index in [2.05, 4.69) is 20.4 Å². The molecule has 0 saturated heterocycles. The van der Waals surface area contributed by atoms with Crippen molar-refractivity contribution < 1.29 is 25.5 Å². The Bertz CT molecular complexity index is 457. The summed E-state index contributed by atoms with van der Waals surface area (Å²) in [5.41, 5.74) is 19.8. The van der Waals surface area contributed by atoms with Crippen molar-refractivity contribution in [1.82, 2.24) is 0 Å². The summed E-state index contributed by atoms with van der Waals surface area (Å²) >= 11 is 0. The summed E-state index contributed by atoms with van der Waals surface area (Å²) in [7, 11) is 0. The van der Waals surface area contributed by atoms with Crippen LogP contribution in [0.5, 0.6) is 0 Å². The minimum atomic E-state index is -1.93. The maximum absolute atomic E-state index is 9.88. The van der Waals surface area contributed by atoms with E-state index >= 15 is 0 Å². The van der Waals surface area contributed by atoms with Crippen molar-refractivity contribution in [3.8, 4) is 0 Å². The maximum Gasteiger partial charge on any atom is 0.211 e. The number of aliphatic hydroxyl groups excluding tert-OH is 5. The lowest BCUT2D eigenvalue weighted by atomic mass is 10.0. The molecule has 0 bridgehead atoms. The van der Waals surface area contributed by atoms with Gasteiger partial charge < -0.3 is 48.5 Å². The summed E-state index contributed by atoms with van der Waals surface area (Å²) in [4.78, 5) is 0. The van der Waals surface area contributed by atoms with Crippen LogP contribution in [0.25, 0.3) is 0 Å². The SMILES string of the molecule is NC(N)=NN=CC(=NN=C(N)N)C(O)C(O)C(O)C(O)CO. The third-order valence-corrected chi connectivity index (χ3v) is 2.20. The van der Waals surface area contributed by atoms with Crippen LogP contribution in [0.1, 0.15) is 0 Å². The van der Waals surface area contributed by atoms with E-state index < -0.39 is 42.7 Å². The molecule has 0 radical (unpaired) electrons. The molecule has 0 saturated carbocycles. The Kier molecular flexibility index (Phi) is 8.58. The molecule has 0 aromatic heterocycles. The molecule has 0 aromatic carbocycles. The van der Waals surface area contributed by atoms with Crippen LogP contribution >= 0.6 is 0 Å². The molecule has 13 heteroatoms. The van der Waals surface area contributed by atoms with Crippen LogP contribution in [0.2, 0.25) is 0 Å². The molecule has 0 heterocycles. The van der Waals surface area contributed by atoms with Gasteiger partial charge in [0.1, 0.15) is 30.1 Å². The first kappa shape index (κ1) is 19.7. The topological polar surface area (TPSA) is 255 Å². The van der Waals surface area contributed by atoms with Crippen molar-refractivity contribution in [1.29, 1.82) is 0 Å². The highest BCUT2D eigenvalue weighted by atomic mass is 16.4. The molecule has 0 amide bonds. The van der Waals surface area contributed by atoms with Crippen molar-refractivity contribution in [2.24, 2.45) is 43.3 Å². The minimum Gasteiger partial charge on any atom is -0.394 e. The van der Waals surface area contributed by atoms with Crippen LogP contribution in [0.15, 0.2) is 20.4 Å². The van der Waals surface area contributed by atoms with Crippen LogP contribution in [0, 0.1) is 0 Å². The Morgan fingerprint density at radius 2 is 1.41 bits per heavy atom. The Morgan fingerprint density at radius 3 is 1.86 bits per heavy atom. The van der Waals surface area contributed by atoms with Gasteiger partial charge in [-0.3, -0.25) is 0 Å². The summed E-state index contributed by atoms with van der Waals surface area (Å²) in [5, 5.41) is 60.3. The molecular formula is C9H20N8O5. The highest BCUT2D eigenvalue weighted by Crippen LogP contribution is 2.06. The molecule has 0 aliphatic carbocycles. The van der Waals surface area contributed by atoms with E-state index in [1.165, 1.54) is 0 Å². The zero-order chi connectivity index (χ0) is 17.3. The highest BCUT2D eigenvalue weighted by molar-refractivity contribution is 6.32. The smallest absolute Gasteiger partial charge is 0.211 e. The Hall–Kier alpha value is -2.32. The Balaban J connectivity index is 5.32. The van der Waals surface area contributed by atoms with Gasteiger partial charge >= 0.3 is 0 Å². The molecule has 13 N–H and O–H groups in total. The number of guanidine groups is 2. The van der Waals surface area contributed by atoms with Crippen molar-refractivity contribution in [3.05, 3.63) is 0 Å². The third-order valence-electron chi connectivity index (χ3n) is 2.20. The maximum atomic E-state index is 9.88. The van der Waals surface area contributed by atoms with Crippen molar-refractivity contribution in [2.45, 2.75) is 24.4 Å². The number of hydrogen-bond acceptors (Lipinski definition) is 9. The molecule has 0 aliphatic rings. The standard InChI is InChI=1S/C9H20N8O5/c10-8(11)16-14-1-3(15-17-9(12)13)5(20)7(22)6(21)4(19)2-18/h1,4-7,18-22H,2H2,(H4,10,11,16)(H4,12,13,17). The molecule has 4 atom stereocenters. The van der Waals surface area contributed by atoms with Crippen LogP contribution < -0.4 is 22.9 Å². The van der Waals surface area contributed by atoms with Gasteiger partial charge in [-0.25, -0.2) is 0 Å². The zero-order valence-electron chi connectivity index (χ0n) is 11.4. The molecule has 126 valence electrons. The van der Waals surface area contributed by atoms with Crippen LogP contribution in [-0.4, -0.2) is 80.4 Å². The molecule has 13 nitrogen and oxygen atoms in total. The molecular weight excluding hydrogens is 300 g/mol. The van der Waals surface area contributed by atoms with E-state index in [4.69, 9.17) is 28.0 Å². The predicted octanol–water partition coefficient (Wildman–Crippen LogP) is -5.69. The second-order valence-electron chi connectivity index (χ2n) is 4.00. The highest BCUT2D eigenvalue weighted by Gasteiger charge is 2.32. The second kappa shape index (κ2) is 9.59. The lowest BCUT2D eigenvalue weighted by Gasteiger charge is -2.25. The number of hydrogen-bond donors (Lipinski definition) is 9. The van der Waals surface area contributed by atoms with Gasteiger partial charge in [-0.1, -0.05) is 0 Å². The zero-order valence-corrected chi connectivity index (χ0v) is 11.4. The van der Waals surface area contributed by atoms with Crippen LogP contribution in [0.3, 0.4) is 0 Å². The number of nitrogens with zero attached hydrogens (tertiary/aromatic N) is 4. The average Bonchev–Trinajstić information content (AvgIpc) is 2.46. The molecule has 0 spiro atoms. The monoisotopic (exact) mass is 320 g/mol. The van der Waals surface area contributed by atoms with Gasteiger partial charge in [0, 0.05) is 0 Å². The van der Waals surface area contributed by atoms with Gasteiger partial charge in [-0.2, -0.15) is 5.10 Å². The first-order valence-electron chi connectivity index (χ1n) is 5.82. The van der Waals surface area contributed by atoms with E-state index in [1.54, 1.807) is 0 Å². The summed E-state index contributed by atoms with van der Waals surface area (Å²) < 4.78 is 0. The first-order chi connectivity index (χ1) is 10.2. The number of aliphatic hydroxyl groups is 5. The van der Waals surface area contributed by atoms with Crippen LogP contribution in [0.4, 0.5) is 0 Å². The van der Waals surface area contributed by atoms with E-state index in [0.29, 0.717) is 0 Å². The minimum absolute atomic E-state index is 0.386. The normalized spacial score (nSPS) is 17.6. The van der Waals surface area contributed by atoms with Crippen molar-refractivity contribution in [2.75, 3.05) is 6.61 Å². The lowest BCUT2D eigenvalue weighted by molar-refractivity contribution is -0.100. The van der Waals surface area contributed by atoms with Crippen molar-refractivity contribution in [3.63, 3.8) is 0 Å². The van der Waals surface area contributed by atoms with E-state index in [9.17, 15) is 20.4 Å². The predicted molar refractivity (Wildman–Crippen MR) is 78.7 cm³/mol. The Labute approximate surface area is 125 Å². The van der Waals surface area contributed by atoms with Gasteiger partial charge in [0.15, 0.2) is 0 Å².